The number of rotatable bonds is 7. The maximum atomic E-state index is 11.8. The number of alkyl carbamates (subject to hydrolysis) is 1. The van der Waals surface area contributed by atoms with Crippen molar-refractivity contribution in [2.45, 2.75) is 58.1 Å². The Labute approximate surface area is 131 Å². The fourth-order valence-corrected chi connectivity index (χ4v) is 2.33. The molecule has 0 spiro atoms. The van der Waals surface area contributed by atoms with Crippen LogP contribution in [0.1, 0.15) is 46.5 Å². The largest absolute Gasteiger partial charge is 0.465 e. The number of ether oxygens (including phenoxy) is 2. The molecule has 7 heteroatoms. The zero-order valence-corrected chi connectivity index (χ0v) is 13.7. The molecule has 1 saturated heterocycles. The van der Waals surface area contributed by atoms with Crippen LogP contribution in [0.2, 0.25) is 0 Å². The fraction of sp³-hybridized carbons (Fsp3) is 0.867. The van der Waals surface area contributed by atoms with Gasteiger partial charge in [-0.25, -0.2) is 9.59 Å². The quantitative estimate of drug-likeness (QED) is 0.670. The molecule has 7 nitrogen and oxygen atoms in total. The van der Waals surface area contributed by atoms with E-state index in [1.165, 1.54) is 0 Å². The number of carboxylic acid groups (broad SMARTS) is 1. The Bertz CT molecular complexity index is 367. The lowest BCUT2D eigenvalue weighted by Gasteiger charge is -2.27. The van der Waals surface area contributed by atoms with E-state index < -0.39 is 17.8 Å². The van der Waals surface area contributed by atoms with Crippen LogP contribution < -0.4 is 10.6 Å². The molecule has 0 bridgehead atoms. The summed E-state index contributed by atoms with van der Waals surface area (Å²) in [5.74, 6) is 0.315. The van der Waals surface area contributed by atoms with Crippen molar-refractivity contribution in [1.82, 2.24) is 10.6 Å². The summed E-state index contributed by atoms with van der Waals surface area (Å²) >= 11 is 0. The molecular formula is C15H28N2O5. The second-order valence-corrected chi connectivity index (χ2v) is 6.35. The van der Waals surface area contributed by atoms with Gasteiger partial charge in [0.15, 0.2) is 0 Å². The maximum Gasteiger partial charge on any atom is 0.407 e. The topological polar surface area (TPSA) is 96.9 Å². The molecule has 3 N–H and O–H groups in total. The maximum absolute atomic E-state index is 11.8. The van der Waals surface area contributed by atoms with Gasteiger partial charge in [-0.3, -0.25) is 0 Å². The summed E-state index contributed by atoms with van der Waals surface area (Å²) < 4.78 is 10.7. The summed E-state index contributed by atoms with van der Waals surface area (Å²) in [6.45, 7) is 7.22. The van der Waals surface area contributed by atoms with Gasteiger partial charge in [-0.15, -0.1) is 0 Å². The average Bonchev–Trinajstić information content (AvgIpc) is 2.45. The van der Waals surface area contributed by atoms with Gasteiger partial charge in [-0.1, -0.05) is 6.92 Å². The Hall–Kier alpha value is -1.50. The highest BCUT2D eigenvalue weighted by Gasteiger charge is 2.23. The van der Waals surface area contributed by atoms with E-state index >= 15 is 0 Å². The molecule has 1 aliphatic heterocycles. The van der Waals surface area contributed by atoms with Crippen molar-refractivity contribution in [1.29, 1.82) is 0 Å². The molecule has 1 heterocycles. The highest BCUT2D eigenvalue weighted by atomic mass is 16.6. The lowest BCUT2D eigenvalue weighted by Crippen LogP contribution is -2.46. The Morgan fingerprint density at radius 1 is 1.45 bits per heavy atom. The first-order chi connectivity index (χ1) is 10.3. The molecule has 2 amide bonds. The van der Waals surface area contributed by atoms with Crippen LogP contribution in [0.15, 0.2) is 0 Å². The molecular weight excluding hydrogens is 288 g/mol. The van der Waals surface area contributed by atoms with Gasteiger partial charge in [-0.2, -0.15) is 0 Å². The van der Waals surface area contributed by atoms with Crippen LogP contribution >= 0.6 is 0 Å². The third-order valence-electron chi connectivity index (χ3n) is 3.91. The van der Waals surface area contributed by atoms with E-state index in [4.69, 9.17) is 14.6 Å². The van der Waals surface area contributed by atoms with Crippen molar-refractivity contribution in [3.63, 3.8) is 0 Å². The van der Waals surface area contributed by atoms with Crippen LogP contribution in [-0.2, 0) is 9.47 Å². The second kappa shape index (κ2) is 8.82. The standard InChI is InChI=1S/C15H28N2O5/c1-4-15(2,3)22-14(20)16-9-12(17-13(18)19)8-11-6-5-7-21-10-11/h11-12,17H,4-10H2,1-3H3,(H,16,20)(H,18,19)/t11-,12+/m1/s1. The first kappa shape index (κ1) is 18.5. The highest BCUT2D eigenvalue weighted by Crippen LogP contribution is 2.19. The predicted octanol–water partition coefficient (Wildman–Crippen LogP) is 2.35. The molecule has 0 unspecified atom stereocenters. The van der Waals surface area contributed by atoms with E-state index in [9.17, 15) is 9.59 Å². The summed E-state index contributed by atoms with van der Waals surface area (Å²) in [7, 11) is 0. The van der Waals surface area contributed by atoms with Crippen LogP contribution in [0.25, 0.3) is 0 Å². The molecule has 128 valence electrons. The molecule has 0 saturated carbocycles. The predicted molar refractivity (Wildman–Crippen MR) is 82.0 cm³/mol. The van der Waals surface area contributed by atoms with Gasteiger partial charge in [-0.05, 0) is 45.4 Å². The average molecular weight is 316 g/mol. The number of hydrogen-bond donors (Lipinski definition) is 3. The van der Waals surface area contributed by atoms with E-state index in [1.54, 1.807) is 0 Å². The Kier molecular flexibility index (Phi) is 7.44. The summed E-state index contributed by atoms with van der Waals surface area (Å²) in [5, 5.41) is 14.0. The molecule has 2 atom stereocenters. The molecule has 1 rings (SSSR count). The molecule has 0 aromatic rings. The van der Waals surface area contributed by atoms with Gasteiger partial charge < -0.3 is 25.2 Å². The number of carbonyl (C=O) groups is 2. The minimum absolute atomic E-state index is 0.210. The first-order valence-corrected chi connectivity index (χ1v) is 7.86. The monoisotopic (exact) mass is 316 g/mol. The number of carbonyl (C=O) groups excluding carboxylic acids is 1. The minimum Gasteiger partial charge on any atom is -0.465 e. The summed E-state index contributed by atoms with van der Waals surface area (Å²) in [4.78, 5) is 22.7. The number of hydrogen-bond acceptors (Lipinski definition) is 4. The third-order valence-corrected chi connectivity index (χ3v) is 3.91. The van der Waals surface area contributed by atoms with E-state index in [0.717, 1.165) is 19.4 Å². The van der Waals surface area contributed by atoms with Gasteiger partial charge in [0.2, 0.25) is 0 Å². The van der Waals surface area contributed by atoms with Crippen LogP contribution in [0.3, 0.4) is 0 Å². The molecule has 22 heavy (non-hydrogen) atoms. The van der Waals surface area contributed by atoms with E-state index in [0.29, 0.717) is 25.4 Å². The van der Waals surface area contributed by atoms with Crippen molar-refractivity contribution in [2.75, 3.05) is 19.8 Å². The summed E-state index contributed by atoms with van der Waals surface area (Å²) in [6.07, 6.45) is 1.74. The van der Waals surface area contributed by atoms with E-state index in [2.05, 4.69) is 10.6 Å². The Morgan fingerprint density at radius 3 is 2.73 bits per heavy atom. The number of amides is 2. The van der Waals surface area contributed by atoms with Crippen molar-refractivity contribution >= 4 is 12.2 Å². The van der Waals surface area contributed by atoms with Gasteiger partial charge >= 0.3 is 12.2 Å². The van der Waals surface area contributed by atoms with E-state index in [-0.39, 0.29) is 12.6 Å². The molecule has 0 aromatic heterocycles. The summed E-state index contributed by atoms with van der Waals surface area (Å²) in [6, 6.07) is -0.346. The van der Waals surface area contributed by atoms with Gasteiger partial charge in [0, 0.05) is 25.8 Å². The van der Waals surface area contributed by atoms with Crippen molar-refractivity contribution < 1.29 is 24.2 Å². The molecule has 0 aromatic carbocycles. The lowest BCUT2D eigenvalue weighted by molar-refractivity contribution is 0.0342. The Balaban J connectivity index is 2.43. The summed E-state index contributed by atoms with van der Waals surface area (Å²) in [5.41, 5.74) is -0.531. The minimum atomic E-state index is -1.09. The lowest BCUT2D eigenvalue weighted by atomic mass is 9.94. The molecule has 0 aliphatic carbocycles. The smallest absolute Gasteiger partial charge is 0.407 e. The van der Waals surface area contributed by atoms with Crippen LogP contribution in [0.4, 0.5) is 9.59 Å². The van der Waals surface area contributed by atoms with Crippen LogP contribution in [0.5, 0.6) is 0 Å². The van der Waals surface area contributed by atoms with E-state index in [1.807, 2.05) is 20.8 Å². The normalized spacial score (nSPS) is 20.0. The number of nitrogens with one attached hydrogen (secondary N) is 2. The van der Waals surface area contributed by atoms with Crippen molar-refractivity contribution in [3.05, 3.63) is 0 Å². The van der Waals surface area contributed by atoms with Gasteiger partial charge in [0.25, 0.3) is 0 Å². The molecule has 1 fully saturated rings. The van der Waals surface area contributed by atoms with Crippen molar-refractivity contribution in [2.24, 2.45) is 5.92 Å². The first-order valence-electron chi connectivity index (χ1n) is 7.86. The molecule has 0 radical (unpaired) electrons. The highest BCUT2D eigenvalue weighted by molar-refractivity contribution is 5.68. The van der Waals surface area contributed by atoms with Gasteiger partial charge in [0.1, 0.15) is 5.60 Å². The fourth-order valence-electron chi connectivity index (χ4n) is 2.33. The second-order valence-electron chi connectivity index (χ2n) is 6.35. The van der Waals surface area contributed by atoms with Crippen LogP contribution in [0, 0.1) is 5.92 Å². The van der Waals surface area contributed by atoms with Crippen LogP contribution in [-0.4, -0.2) is 48.7 Å². The zero-order chi connectivity index (χ0) is 16.6. The SMILES string of the molecule is CCC(C)(C)OC(=O)NC[C@H](C[C@H]1CCCOC1)NC(=O)O. The third kappa shape index (κ3) is 7.49. The van der Waals surface area contributed by atoms with Gasteiger partial charge in [0.05, 0.1) is 0 Å². The molecule has 1 aliphatic rings. The van der Waals surface area contributed by atoms with Crippen molar-refractivity contribution in [3.8, 4) is 0 Å². The zero-order valence-electron chi connectivity index (χ0n) is 13.7. The Morgan fingerprint density at radius 2 is 2.18 bits per heavy atom.